The van der Waals surface area contributed by atoms with E-state index in [0.29, 0.717) is 24.6 Å². The van der Waals surface area contributed by atoms with Gasteiger partial charge >= 0.3 is 6.18 Å². The number of aromatic nitrogens is 4. The lowest BCUT2D eigenvalue weighted by atomic mass is 9.95. The van der Waals surface area contributed by atoms with Crippen LogP contribution in [0.1, 0.15) is 47.9 Å². The van der Waals surface area contributed by atoms with Gasteiger partial charge in [0.1, 0.15) is 18.2 Å². The molecule has 3 aliphatic rings. The normalized spacial score (nSPS) is 20.8. The average molecular weight is 637 g/mol. The maximum atomic E-state index is 14.1. The zero-order valence-corrected chi connectivity index (χ0v) is 25.9. The zero-order chi connectivity index (χ0) is 32.9. The Balaban J connectivity index is 1.32. The Kier molecular flexibility index (Phi) is 8.07. The minimum atomic E-state index is -4.64. The van der Waals surface area contributed by atoms with E-state index >= 15 is 0 Å². The van der Waals surface area contributed by atoms with E-state index in [2.05, 4.69) is 21.4 Å². The third kappa shape index (κ3) is 5.71. The summed E-state index contributed by atoms with van der Waals surface area (Å²) in [5.41, 5.74) is 1.47. The summed E-state index contributed by atoms with van der Waals surface area (Å²) in [6, 6.07) is 6.36. The van der Waals surface area contributed by atoms with E-state index in [0.717, 1.165) is 41.1 Å². The van der Waals surface area contributed by atoms with Gasteiger partial charge in [0.2, 0.25) is 17.7 Å². The average Bonchev–Trinajstić information content (AvgIpc) is 3.62. The highest BCUT2D eigenvalue weighted by molar-refractivity contribution is 6.10. The number of rotatable bonds is 5. The van der Waals surface area contributed by atoms with Crippen LogP contribution in [0.3, 0.4) is 0 Å². The molecule has 3 aliphatic heterocycles. The van der Waals surface area contributed by atoms with Gasteiger partial charge in [-0.25, -0.2) is 14.6 Å². The van der Waals surface area contributed by atoms with Crippen LogP contribution in [0.4, 0.5) is 30.4 Å². The van der Waals surface area contributed by atoms with Crippen molar-refractivity contribution in [3.63, 3.8) is 0 Å². The number of nitrogens with zero attached hydrogens (tertiary/aromatic N) is 8. The second-order valence-corrected chi connectivity index (χ2v) is 12.1. The number of likely N-dealkylation sites (tertiary alicyclic amines) is 1. The lowest BCUT2D eigenvalue weighted by Crippen LogP contribution is -2.52. The lowest BCUT2D eigenvalue weighted by molar-refractivity contribution is -0.137. The van der Waals surface area contributed by atoms with E-state index in [9.17, 15) is 27.6 Å². The van der Waals surface area contributed by atoms with Gasteiger partial charge in [-0.3, -0.25) is 19.3 Å². The van der Waals surface area contributed by atoms with Gasteiger partial charge in [0.15, 0.2) is 5.82 Å². The van der Waals surface area contributed by atoms with Gasteiger partial charge in [-0.15, -0.1) is 0 Å². The first-order valence-corrected chi connectivity index (χ1v) is 15.2. The number of alkyl halides is 3. The van der Waals surface area contributed by atoms with Crippen LogP contribution < -0.4 is 14.7 Å². The molecule has 2 aromatic heterocycles. The molecule has 11 nitrogen and oxygen atoms in total. The van der Waals surface area contributed by atoms with Crippen molar-refractivity contribution in [3.05, 3.63) is 72.0 Å². The number of aryl methyl sites for hydroxylation is 2. The first kappa shape index (κ1) is 31.2. The molecule has 242 valence electrons. The molecular formula is C32H35F3N8O3. The van der Waals surface area contributed by atoms with Crippen LogP contribution in [0.15, 0.2) is 49.3 Å². The monoisotopic (exact) mass is 636 g/mol. The van der Waals surface area contributed by atoms with E-state index in [4.69, 9.17) is 5.10 Å². The number of anilines is 3. The summed E-state index contributed by atoms with van der Waals surface area (Å²) in [6.07, 6.45) is -0.216. The molecule has 2 fully saturated rings. The molecule has 1 aromatic carbocycles. The summed E-state index contributed by atoms with van der Waals surface area (Å²) >= 11 is 0. The number of pyridine rings is 1. The van der Waals surface area contributed by atoms with Crippen molar-refractivity contribution in [2.45, 2.75) is 57.9 Å². The summed E-state index contributed by atoms with van der Waals surface area (Å²) < 4.78 is 43.0. The van der Waals surface area contributed by atoms with E-state index in [1.165, 1.54) is 17.9 Å². The van der Waals surface area contributed by atoms with Crippen LogP contribution in [0.2, 0.25) is 0 Å². The fraction of sp³-hybridized carbons (Fsp3) is 0.438. The lowest BCUT2D eigenvalue weighted by Gasteiger charge is -2.39. The summed E-state index contributed by atoms with van der Waals surface area (Å²) in [4.78, 5) is 54.9. The molecule has 0 spiro atoms. The second kappa shape index (κ2) is 11.9. The number of carbonyl (C=O) groups excluding carboxylic acids is 3. The van der Waals surface area contributed by atoms with Gasteiger partial charge in [-0.2, -0.15) is 18.3 Å². The van der Waals surface area contributed by atoms with Crippen molar-refractivity contribution in [2.75, 3.05) is 41.4 Å². The first-order chi connectivity index (χ1) is 21.8. The molecule has 3 aromatic rings. The standard InChI is InChI=1S/C32H35F3N8O3/c1-5-27(44)40-11-9-23(10-12-40)42-18-36-25(38-42)17-41-16-21-14-28(45)43(26-15-22(32(33,34)35)13-20(3)37-26)30(21)31(46)39(4)24-8-6-7-19(2)29(24)41/h5-8,13,15,18,21,23,30H,1,9-12,14,16-17H2,2-4H3/t21-,30+/m1/s1. The van der Waals surface area contributed by atoms with Crippen molar-refractivity contribution in [3.8, 4) is 0 Å². The molecule has 2 saturated heterocycles. The van der Waals surface area contributed by atoms with Gasteiger partial charge in [0.25, 0.3) is 0 Å². The Hall–Kier alpha value is -4.75. The minimum Gasteiger partial charge on any atom is -0.362 e. The molecule has 0 saturated carbocycles. The third-order valence-electron chi connectivity index (χ3n) is 9.09. The molecule has 0 bridgehead atoms. The van der Waals surface area contributed by atoms with Gasteiger partial charge in [0, 0.05) is 44.7 Å². The SMILES string of the molecule is C=CC(=O)N1CCC(n2cnc(CN3C[C@H]4CC(=O)N(c5cc(C(F)(F)F)cc(C)n5)[C@@H]4C(=O)N(C)c4cccc(C)c43)n2)CC1. The molecular weight excluding hydrogens is 601 g/mol. The predicted octanol–water partition coefficient (Wildman–Crippen LogP) is 4.06. The molecule has 14 heteroatoms. The number of hydrogen-bond acceptors (Lipinski definition) is 7. The number of fused-ring (bicyclic) bond motifs is 2. The van der Waals surface area contributed by atoms with Crippen molar-refractivity contribution in [2.24, 2.45) is 5.92 Å². The molecule has 0 aliphatic carbocycles. The highest BCUT2D eigenvalue weighted by atomic mass is 19.4. The summed E-state index contributed by atoms with van der Waals surface area (Å²) in [7, 11) is 1.61. The topological polar surface area (TPSA) is 108 Å². The maximum Gasteiger partial charge on any atom is 0.416 e. The van der Waals surface area contributed by atoms with Gasteiger partial charge in [0.05, 0.1) is 29.5 Å². The molecule has 5 heterocycles. The third-order valence-corrected chi connectivity index (χ3v) is 9.09. The van der Waals surface area contributed by atoms with Gasteiger partial charge in [-0.1, -0.05) is 18.7 Å². The Morgan fingerprint density at radius 1 is 1.13 bits per heavy atom. The number of para-hydroxylation sites is 1. The fourth-order valence-corrected chi connectivity index (χ4v) is 6.86. The zero-order valence-electron chi connectivity index (χ0n) is 25.9. The summed E-state index contributed by atoms with van der Waals surface area (Å²) in [5.74, 6) is -1.14. The van der Waals surface area contributed by atoms with Crippen molar-refractivity contribution >= 4 is 34.9 Å². The Morgan fingerprint density at radius 2 is 1.87 bits per heavy atom. The van der Waals surface area contributed by atoms with E-state index in [-0.39, 0.29) is 43.0 Å². The van der Waals surface area contributed by atoms with Crippen molar-refractivity contribution in [1.82, 2.24) is 24.6 Å². The highest BCUT2D eigenvalue weighted by Crippen LogP contribution is 2.42. The van der Waals surface area contributed by atoms with E-state index in [1.54, 1.807) is 18.3 Å². The Bertz CT molecular complexity index is 1700. The number of likely N-dealkylation sites (N-methyl/N-ethyl adjacent to an activating group) is 1. The smallest absolute Gasteiger partial charge is 0.362 e. The van der Waals surface area contributed by atoms with Crippen molar-refractivity contribution in [1.29, 1.82) is 0 Å². The van der Waals surface area contributed by atoms with Crippen LogP contribution in [-0.2, 0) is 27.1 Å². The van der Waals surface area contributed by atoms with Crippen LogP contribution in [0.25, 0.3) is 0 Å². The van der Waals surface area contributed by atoms with E-state index < -0.39 is 35.5 Å². The highest BCUT2D eigenvalue weighted by Gasteiger charge is 2.49. The predicted molar refractivity (Wildman–Crippen MR) is 164 cm³/mol. The minimum absolute atomic E-state index is 0.0389. The summed E-state index contributed by atoms with van der Waals surface area (Å²) in [5, 5.41) is 4.78. The number of halogens is 3. The molecule has 3 amide bonds. The number of piperidine rings is 1. The van der Waals surface area contributed by atoms with Crippen LogP contribution in [0.5, 0.6) is 0 Å². The number of amides is 3. The van der Waals surface area contributed by atoms with Crippen molar-refractivity contribution < 1.29 is 27.6 Å². The number of benzene rings is 1. The number of carbonyl (C=O) groups is 3. The maximum absolute atomic E-state index is 14.1. The Labute approximate surface area is 264 Å². The fourth-order valence-electron chi connectivity index (χ4n) is 6.86. The summed E-state index contributed by atoms with van der Waals surface area (Å²) in [6.45, 7) is 8.66. The largest absolute Gasteiger partial charge is 0.416 e. The second-order valence-electron chi connectivity index (χ2n) is 12.1. The molecule has 2 atom stereocenters. The first-order valence-electron chi connectivity index (χ1n) is 15.2. The number of hydrogen-bond donors (Lipinski definition) is 0. The molecule has 6 rings (SSSR count). The van der Waals surface area contributed by atoms with Gasteiger partial charge in [-0.05, 0) is 56.5 Å². The quantitative estimate of drug-likeness (QED) is 0.389. The van der Waals surface area contributed by atoms with Crippen LogP contribution in [-0.4, -0.2) is 75.1 Å². The Morgan fingerprint density at radius 3 is 2.57 bits per heavy atom. The molecule has 0 N–H and O–H groups in total. The molecule has 0 unspecified atom stereocenters. The van der Waals surface area contributed by atoms with E-state index in [1.807, 2.05) is 29.8 Å². The molecule has 46 heavy (non-hydrogen) atoms. The van der Waals surface area contributed by atoms with Gasteiger partial charge < -0.3 is 14.7 Å². The molecule has 0 radical (unpaired) electrons. The van der Waals surface area contributed by atoms with Crippen LogP contribution in [0, 0.1) is 19.8 Å². The van der Waals surface area contributed by atoms with Crippen LogP contribution >= 0.6 is 0 Å².